The molecule has 1 aromatic carbocycles. The maximum atomic E-state index is 11.1. The fourth-order valence-electron chi connectivity index (χ4n) is 3.66. The maximum absolute atomic E-state index is 11.1. The fraction of sp³-hybridized carbons (Fsp3) is 0.700. The first-order valence-electron chi connectivity index (χ1n) is 9.50. The molecule has 146 valence electrons. The summed E-state index contributed by atoms with van der Waals surface area (Å²) in [6.45, 7) is 3.12. The molecule has 0 aliphatic carbocycles. The lowest BCUT2D eigenvalue weighted by atomic mass is 9.94. The van der Waals surface area contributed by atoms with Crippen LogP contribution in [0.15, 0.2) is 30.3 Å². The predicted octanol–water partition coefficient (Wildman–Crippen LogP) is 2.08. The number of benzene rings is 1. The van der Waals surface area contributed by atoms with Crippen molar-refractivity contribution in [2.45, 2.75) is 56.7 Å². The minimum absolute atomic E-state index is 0.234. The Bertz CT molecular complexity index is 561. The summed E-state index contributed by atoms with van der Waals surface area (Å²) in [5, 5.41) is 11.1. The standard InChI is InChI=1S/C20H32NO5/c1-5-6-12-23-20-16(21(2,3)4)17(22)18-15(25-20)13-24-19(26-18)14-10-8-7-9-11-14/h7-11,15-20,22H,5-6,12-13H2,1-4H3/q+1/t15-,16-,17-,18-,19-,20+/m0/s1. The average molecular weight is 366 g/mol. The van der Waals surface area contributed by atoms with Crippen LogP contribution in [0.1, 0.15) is 31.6 Å². The van der Waals surface area contributed by atoms with Crippen LogP contribution in [0.25, 0.3) is 0 Å². The topological polar surface area (TPSA) is 57.2 Å². The SMILES string of the molecule is CCCCO[C@@H]1O[C@H]2CO[C@H](c3ccccc3)O[C@@H]2[C@@H](O)[C@@H]1[N+](C)(C)C. The Morgan fingerprint density at radius 1 is 1.15 bits per heavy atom. The average Bonchev–Trinajstić information content (AvgIpc) is 2.61. The van der Waals surface area contributed by atoms with Crippen LogP contribution in [0.3, 0.4) is 0 Å². The number of hydrogen-bond donors (Lipinski definition) is 1. The van der Waals surface area contributed by atoms with E-state index < -0.39 is 24.8 Å². The first kappa shape index (κ1) is 19.7. The van der Waals surface area contributed by atoms with Gasteiger partial charge in [0.15, 0.2) is 12.3 Å². The molecule has 1 aromatic rings. The van der Waals surface area contributed by atoms with Crippen LogP contribution in [0, 0.1) is 0 Å². The van der Waals surface area contributed by atoms with Crippen LogP contribution in [-0.2, 0) is 18.9 Å². The minimum Gasteiger partial charge on any atom is -0.384 e. The quantitative estimate of drug-likeness (QED) is 0.617. The molecular weight excluding hydrogens is 334 g/mol. The molecule has 2 heterocycles. The summed E-state index contributed by atoms with van der Waals surface area (Å²) in [4.78, 5) is 0. The van der Waals surface area contributed by atoms with Gasteiger partial charge in [-0.25, -0.2) is 0 Å². The molecule has 2 saturated heterocycles. The van der Waals surface area contributed by atoms with Gasteiger partial charge in [-0.15, -0.1) is 0 Å². The van der Waals surface area contributed by atoms with Crippen molar-refractivity contribution in [1.29, 1.82) is 0 Å². The van der Waals surface area contributed by atoms with Crippen molar-refractivity contribution in [2.75, 3.05) is 34.4 Å². The van der Waals surface area contributed by atoms with Gasteiger partial charge in [0.1, 0.15) is 18.3 Å². The van der Waals surface area contributed by atoms with Crippen molar-refractivity contribution in [3.63, 3.8) is 0 Å². The number of aliphatic hydroxyl groups is 1. The summed E-state index contributed by atoms with van der Waals surface area (Å²) in [7, 11) is 6.13. The van der Waals surface area contributed by atoms with Gasteiger partial charge >= 0.3 is 0 Å². The predicted molar refractivity (Wildman–Crippen MR) is 97.4 cm³/mol. The van der Waals surface area contributed by atoms with Gasteiger partial charge in [-0.1, -0.05) is 43.7 Å². The van der Waals surface area contributed by atoms with Gasteiger partial charge in [-0.3, -0.25) is 0 Å². The number of unbranched alkanes of at least 4 members (excludes halogenated alkanes) is 1. The van der Waals surface area contributed by atoms with Crippen molar-refractivity contribution >= 4 is 0 Å². The van der Waals surface area contributed by atoms with Gasteiger partial charge in [-0.05, 0) is 6.42 Å². The lowest BCUT2D eigenvalue weighted by Crippen LogP contribution is -2.69. The minimum atomic E-state index is -0.699. The first-order chi connectivity index (χ1) is 12.4. The molecule has 0 bridgehead atoms. The Hall–Kier alpha value is -1.02. The number of aliphatic hydroxyl groups excluding tert-OH is 1. The summed E-state index contributed by atoms with van der Waals surface area (Å²) >= 11 is 0. The first-order valence-corrected chi connectivity index (χ1v) is 9.50. The van der Waals surface area contributed by atoms with Crippen LogP contribution >= 0.6 is 0 Å². The highest BCUT2D eigenvalue weighted by atomic mass is 16.7. The lowest BCUT2D eigenvalue weighted by Gasteiger charge is -2.51. The smallest absolute Gasteiger partial charge is 0.213 e. The number of nitrogens with zero attached hydrogens (tertiary/aromatic N) is 1. The van der Waals surface area contributed by atoms with Crippen LogP contribution in [0.2, 0.25) is 0 Å². The molecule has 0 unspecified atom stereocenters. The Labute approximate surface area is 156 Å². The van der Waals surface area contributed by atoms with E-state index in [1.165, 1.54) is 0 Å². The number of quaternary nitrogens is 1. The van der Waals surface area contributed by atoms with Crippen molar-refractivity contribution in [2.24, 2.45) is 0 Å². The third-order valence-electron chi connectivity index (χ3n) is 5.08. The molecule has 6 atom stereocenters. The van der Waals surface area contributed by atoms with E-state index >= 15 is 0 Å². The van der Waals surface area contributed by atoms with Crippen molar-refractivity contribution < 1.29 is 28.5 Å². The number of rotatable bonds is 6. The summed E-state index contributed by atoms with van der Waals surface area (Å²) in [5.74, 6) is 0. The molecule has 26 heavy (non-hydrogen) atoms. The number of hydrogen-bond acceptors (Lipinski definition) is 5. The molecule has 6 nitrogen and oxygen atoms in total. The molecule has 2 fully saturated rings. The zero-order chi connectivity index (χ0) is 18.7. The largest absolute Gasteiger partial charge is 0.384 e. The highest BCUT2D eigenvalue weighted by Gasteiger charge is 2.54. The molecule has 0 aromatic heterocycles. The summed E-state index contributed by atoms with van der Waals surface area (Å²) in [6.07, 6.45) is -0.407. The Balaban J connectivity index is 1.75. The molecule has 2 aliphatic rings. The van der Waals surface area contributed by atoms with E-state index in [4.69, 9.17) is 18.9 Å². The van der Waals surface area contributed by atoms with Gasteiger partial charge in [0.05, 0.1) is 27.7 Å². The second-order valence-corrected chi connectivity index (χ2v) is 8.04. The van der Waals surface area contributed by atoms with E-state index in [1.807, 2.05) is 51.5 Å². The molecule has 0 radical (unpaired) electrons. The normalized spacial score (nSPS) is 35.1. The van der Waals surface area contributed by atoms with Gasteiger partial charge in [0.25, 0.3) is 0 Å². The summed E-state index contributed by atoms with van der Waals surface area (Å²) in [6, 6.07) is 9.56. The Morgan fingerprint density at radius 3 is 2.54 bits per heavy atom. The third kappa shape index (κ3) is 4.27. The fourth-order valence-corrected chi connectivity index (χ4v) is 3.66. The molecule has 6 heteroatoms. The van der Waals surface area contributed by atoms with Gasteiger partial charge in [0.2, 0.25) is 6.29 Å². The number of fused-ring (bicyclic) bond motifs is 1. The third-order valence-corrected chi connectivity index (χ3v) is 5.08. The molecule has 0 saturated carbocycles. The maximum Gasteiger partial charge on any atom is 0.213 e. The summed E-state index contributed by atoms with van der Waals surface area (Å²) < 4.78 is 24.7. The molecule has 0 amide bonds. The Morgan fingerprint density at radius 2 is 1.88 bits per heavy atom. The van der Waals surface area contributed by atoms with Crippen LogP contribution < -0.4 is 0 Å². The van der Waals surface area contributed by atoms with E-state index in [9.17, 15) is 5.11 Å². The number of ether oxygens (including phenoxy) is 4. The van der Waals surface area contributed by atoms with Crippen LogP contribution in [0.4, 0.5) is 0 Å². The monoisotopic (exact) mass is 366 g/mol. The van der Waals surface area contributed by atoms with Gasteiger partial charge in [-0.2, -0.15) is 0 Å². The van der Waals surface area contributed by atoms with E-state index in [2.05, 4.69) is 6.92 Å². The highest BCUT2D eigenvalue weighted by molar-refractivity contribution is 5.16. The van der Waals surface area contributed by atoms with Crippen molar-refractivity contribution in [3.8, 4) is 0 Å². The van der Waals surface area contributed by atoms with Gasteiger partial charge in [0, 0.05) is 12.2 Å². The van der Waals surface area contributed by atoms with E-state index in [0.717, 1.165) is 18.4 Å². The van der Waals surface area contributed by atoms with Crippen LogP contribution in [-0.4, -0.2) is 74.6 Å². The van der Waals surface area contributed by atoms with Gasteiger partial charge < -0.3 is 28.5 Å². The second kappa shape index (κ2) is 8.33. The van der Waals surface area contributed by atoms with Crippen LogP contribution in [0.5, 0.6) is 0 Å². The van der Waals surface area contributed by atoms with E-state index in [0.29, 0.717) is 17.7 Å². The molecule has 1 N–H and O–H groups in total. The molecule has 3 rings (SSSR count). The number of likely N-dealkylation sites (N-methyl/N-ethyl adjacent to an activating group) is 1. The van der Waals surface area contributed by atoms with E-state index in [1.54, 1.807) is 0 Å². The highest BCUT2D eigenvalue weighted by Crippen LogP contribution is 2.36. The van der Waals surface area contributed by atoms with E-state index in [-0.39, 0.29) is 12.1 Å². The summed E-state index contributed by atoms with van der Waals surface area (Å²) in [5.41, 5.74) is 0.946. The Kier molecular flexibility index (Phi) is 6.33. The second-order valence-electron chi connectivity index (χ2n) is 8.04. The molecule has 0 spiro atoms. The molecule has 2 aliphatic heterocycles. The van der Waals surface area contributed by atoms with Crippen molar-refractivity contribution in [1.82, 2.24) is 0 Å². The zero-order valence-electron chi connectivity index (χ0n) is 16.2. The molecular formula is C20H32NO5+. The lowest BCUT2D eigenvalue weighted by molar-refractivity contribution is -0.910. The van der Waals surface area contributed by atoms with Crippen molar-refractivity contribution in [3.05, 3.63) is 35.9 Å². The zero-order valence-corrected chi connectivity index (χ0v) is 16.2.